The predicted molar refractivity (Wildman–Crippen MR) is 108 cm³/mol. The smallest absolute Gasteiger partial charge is 0.152 e. The van der Waals surface area contributed by atoms with Crippen LogP contribution in [0.1, 0.15) is 17.5 Å². The molecule has 2 heterocycles. The third kappa shape index (κ3) is 4.01. The molecular formula is C21H21N3O2S. The summed E-state index contributed by atoms with van der Waals surface area (Å²) < 4.78 is 25.2. The van der Waals surface area contributed by atoms with Gasteiger partial charge in [-0.15, -0.1) is 0 Å². The fourth-order valence-corrected chi connectivity index (χ4v) is 4.85. The normalized spacial score (nSPS) is 18.9. The summed E-state index contributed by atoms with van der Waals surface area (Å²) in [6, 6.07) is 17.9. The molecule has 4 rings (SSSR count). The molecule has 0 bridgehead atoms. The van der Waals surface area contributed by atoms with Crippen molar-refractivity contribution in [3.05, 3.63) is 71.9 Å². The molecule has 5 nitrogen and oxygen atoms in total. The summed E-state index contributed by atoms with van der Waals surface area (Å²) in [4.78, 5) is 4.54. The summed E-state index contributed by atoms with van der Waals surface area (Å²) in [5.41, 5.74) is 4.88. The van der Waals surface area contributed by atoms with Crippen molar-refractivity contribution in [3.63, 3.8) is 0 Å². The Hall–Kier alpha value is -2.73. The first-order valence-corrected chi connectivity index (χ1v) is 10.8. The van der Waals surface area contributed by atoms with Crippen LogP contribution < -0.4 is 0 Å². The van der Waals surface area contributed by atoms with Gasteiger partial charge < -0.3 is 0 Å². The largest absolute Gasteiger partial charge is 0.288 e. The highest BCUT2D eigenvalue weighted by Gasteiger charge is 2.27. The zero-order valence-corrected chi connectivity index (χ0v) is 15.9. The van der Waals surface area contributed by atoms with Crippen LogP contribution in [-0.2, 0) is 9.84 Å². The molecule has 138 valence electrons. The first-order chi connectivity index (χ1) is 13.0. The van der Waals surface area contributed by atoms with Gasteiger partial charge in [0, 0.05) is 23.5 Å². The van der Waals surface area contributed by atoms with Crippen LogP contribution in [-0.4, -0.2) is 42.0 Å². The Morgan fingerprint density at radius 1 is 1.11 bits per heavy atom. The lowest BCUT2D eigenvalue weighted by Gasteiger charge is -2.02. The van der Waals surface area contributed by atoms with E-state index in [9.17, 15) is 8.42 Å². The number of aliphatic imine (C=N–C) groups is 1. The van der Waals surface area contributed by atoms with Crippen LogP contribution in [0.4, 0.5) is 0 Å². The van der Waals surface area contributed by atoms with E-state index < -0.39 is 9.84 Å². The number of para-hydroxylation sites is 1. The second-order valence-electron chi connectivity index (χ2n) is 6.91. The molecule has 1 saturated heterocycles. The minimum absolute atomic E-state index is 0.135. The minimum Gasteiger partial charge on any atom is -0.288 e. The molecule has 1 aromatic heterocycles. The zero-order chi connectivity index (χ0) is 18.9. The van der Waals surface area contributed by atoms with E-state index in [0.29, 0.717) is 6.42 Å². The highest BCUT2D eigenvalue weighted by atomic mass is 32.2. The molecule has 0 spiro atoms. The summed E-state index contributed by atoms with van der Waals surface area (Å²) in [6.45, 7) is 2.05. The molecular weight excluding hydrogens is 358 g/mol. The van der Waals surface area contributed by atoms with Gasteiger partial charge in [0.05, 0.1) is 23.2 Å². The van der Waals surface area contributed by atoms with Gasteiger partial charge in [-0.1, -0.05) is 48.0 Å². The van der Waals surface area contributed by atoms with Crippen molar-refractivity contribution in [2.24, 2.45) is 4.99 Å². The number of nitrogens with zero attached hydrogens (tertiary/aromatic N) is 3. The first kappa shape index (κ1) is 17.7. The molecule has 0 radical (unpaired) electrons. The lowest BCUT2D eigenvalue weighted by molar-refractivity contribution is 0.601. The third-order valence-electron chi connectivity index (χ3n) is 4.72. The zero-order valence-electron chi connectivity index (χ0n) is 15.1. The summed E-state index contributed by atoms with van der Waals surface area (Å²) in [5, 5.41) is 4.76. The number of sulfone groups is 1. The topological polar surface area (TPSA) is 64.3 Å². The minimum atomic E-state index is -2.94. The standard InChI is InChI=1S/C21H21N3O2S/c1-16-7-9-17(10-8-16)21-18(13-22-19-11-12-27(25,26)15-19)14-24(23-21)20-5-3-2-4-6-20/h2-10,13-14,19H,11-12,15H2,1H3/t19-/m0/s1. The van der Waals surface area contributed by atoms with Crippen LogP contribution >= 0.6 is 0 Å². The average molecular weight is 379 g/mol. The molecule has 0 saturated carbocycles. The van der Waals surface area contributed by atoms with E-state index in [1.54, 1.807) is 6.21 Å². The lowest BCUT2D eigenvalue weighted by Crippen LogP contribution is -2.07. The van der Waals surface area contributed by atoms with Gasteiger partial charge in [0.25, 0.3) is 0 Å². The molecule has 0 N–H and O–H groups in total. The van der Waals surface area contributed by atoms with Crippen molar-refractivity contribution < 1.29 is 8.42 Å². The maximum atomic E-state index is 11.7. The number of aromatic nitrogens is 2. The molecule has 27 heavy (non-hydrogen) atoms. The summed E-state index contributed by atoms with van der Waals surface area (Å²) >= 11 is 0. The van der Waals surface area contributed by atoms with Crippen LogP contribution in [0.25, 0.3) is 16.9 Å². The Balaban J connectivity index is 1.72. The van der Waals surface area contributed by atoms with Crippen LogP contribution in [0.15, 0.2) is 65.8 Å². The van der Waals surface area contributed by atoms with E-state index in [4.69, 9.17) is 5.10 Å². The van der Waals surface area contributed by atoms with Crippen molar-refractivity contribution in [2.45, 2.75) is 19.4 Å². The van der Waals surface area contributed by atoms with Gasteiger partial charge >= 0.3 is 0 Å². The van der Waals surface area contributed by atoms with E-state index in [-0.39, 0.29) is 17.5 Å². The third-order valence-corrected chi connectivity index (χ3v) is 6.47. The predicted octanol–water partition coefficient (Wildman–Crippen LogP) is 3.45. The van der Waals surface area contributed by atoms with Gasteiger partial charge in [-0.3, -0.25) is 4.99 Å². The molecule has 1 aliphatic heterocycles. The van der Waals surface area contributed by atoms with Crippen molar-refractivity contribution in [2.75, 3.05) is 11.5 Å². The second-order valence-corrected chi connectivity index (χ2v) is 9.14. The highest BCUT2D eigenvalue weighted by molar-refractivity contribution is 7.91. The Morgan fingerprint density at radius 2 is 1.85 bits per heavy atom. The van der Waals surface area contributed by atoms with Gasteiger partial charge in [0.15, 0.2) is 9.84 Å². The molecule has 0 aliphatic carbocycles. The van der Waals surface area contributed by atoms with Crippen molar-refractivity contribution in [1.29, 1.82) is 0 Å². The molecule has 6 heteroatoms. The van der Waals surface area contributed by atoms with Crippen molar-refractivity contribution in [1.82, 2.24) is 9.78 Å². The number of hydrogen-bond acceptors (Lipinski definition) is 4. The maximum Gasteiger partial charge on any atom is 0.152 e. The number of aryl methyl sites for hydroxylation is 1. The van der Waals surface area contributed by atoms with Crippen LogP contribution in [0.5, 0.6) is 0 Å². The van der Waals surface area contributed by atoms with E-state index in [0.717, 1.165) is 22.5 Å². The maximum absolute atomic E-state index is 11.7. The molecule has 0 amide bonds. The van der Waals surface area contributed by atoms with Crippen LogP contribution in [0.3, 0.4) is 0 Å². The Labute approximate surface area is 159 Å². The average Bonchev–Trinajstić information content (AvgIpc) is 3.24. The van der Waals surface area contributed by atoms with Crippen LogP contribution in [0, 0.1) is 6.92 Å². The van der Waals surface area contributed by atoms with E-state index >= 15 is 0 Å². The summed E-state index contributed by atoms with van der Waals surface area (Å²) in [7, 11) is -2.94. The summed E-state index contributed by atoms with van der Waals surface area (Å²) in [6.07, 6.45) is 4.30. The molecule has 1 fully saturated rings. The first-order valence-electron chi connectivity index (χ1n) is 8.96. The van der Waals surface area contributed by atoms with E-state index in [1.807, 2.05) is 53.3 Å². The van der Waals surface area contributed by atoms with Gasteiger partial charge in [0.1, 0.15) is 5.69 Å². The quantitative estimate of drug-likeness (QED) is 0.652. The Bertz CT molecular complexity index is 1070. The van der Waals surface area contributed by atoms with Crippen molar-refractivity contribution >= 4 is 16.1 Å². The van der Waals surface area contributed by atoms with Crippen molar-refractivity contribution in [3.8, 4) is 16.9 Å². The van der Waals surface area contributed by atoms with Gasteiger partial charge in [-0.05, 0) is 25.5 Å². The van der Waals surface area contributed by atoms with Gasteiger partial charge in [-0.2, -0.15) is 5.10 Å². The summed E-state index contributed by atoms with van der Waals surface area (Å²) in [5.74, 6) is 0.360. The number of hydrogen-bond donors (Lipinski definition) is 0. The Kier molecular flexibility index (Phi) is 4.66. The number of benzene rings is 2. The lowest BCUT2D eigenvalue weighted by atomic mass is 10.1. The van der Waals surface area contributed by atoms with E-state index in [2.05, 4.69) is 24.0 Å². The molecule has 0 unspecified atom stereocenters. The van der Waals surface area contributed by atoms with Crippen LogP contribution in [0.2, 0.25) is 0 Å². The Morgan fingerprint density at radius 3 is 2.52 bits per heavy atom. The fraction of sp³-hybridized carbons (Fsp3) is 0.238. The molecule has 1 atom stereocenters. The fourth-order valence-electron chi connectivity index (χ4n) is 3.21. The second kappa shape index (κ2) is 7.12. The molecule has 2 aromatic carbocycles. The monoisotopic (exact) mass is 379 g/mol. The molecule has 3 aromatic rings. The highest BCUT2D eigenvalue weighted by Crippen LogP contribution is 2.24. The van der Waals surface area contributed by atoms with Gasteiger partial charge in [0.2, 0.25) is 0 Å². The molecule has 1 aliphatic rings. The SMILES string of the molecule is Cc1ccc(-c2nn(-c3ccccc3)cc2C=N[C@H]2CCS(=O)(=O)C2)cc1. The van der Waals surface area contributed by atoms with E-state index in [1.165, 1.54) is 5.56 Å². The number of rotatable bonds is 4. The van der Waals surface area contributed by atoms with Gasteiger partial charge in [-0.25, -0.2) is 13.1 Å².